The molecule has 26 heavy (non-hydrogen) atoms. The summed E-state index contributed by atoms with van der Waals surface area (Å²) in [5.74, 6) is 0.370. The molecule has 1 aromatic carbocycles. The molecule has 0 radical (unpaired) electrons. The standard InChI is InChI=1S/C19H22ClFN4O/c1-11(2)25-10-14-15(17(25)26)22-18(20)23-16(14)24-19(3,4)9-12-5-7-13(21)8-6-12/h5-8,10-11,26H,9H2,1-4H3,(H,22,23,24). The molecule has 0 saturated heterocycles. The van der Waals surface area contributed by atoms with Crippen LogP contribution in [-0.2, 0) is 6.42 Å². The van der Waals surface area contributed by atoms with Gasteiger partial charge in [0.1, 0.15) is 17.2 Å². The number of benzene rings is 1. The van der Waals surface area contributed by atoms with Crippen molar-refractivity contribution in [3.8, 4) is 5.88 Å². The minimum atomic E-state index is -0.377. The van der Waals surface area contributed by atoms with Gasteiger partial charge < -0.3 is 15.0 Å². The second-order valence-electron chi connectivity index (χ2n) is 7.37. The first-order valence-corrected chi connectivity index (χ1v) is 8.84. The minimum Gasteiger partial charge on any atom is -0.493 e. The van der Waals surface area contributed by atoms with Gasteiger partial charge in [-0.1, -0.05) is 12.1 Å². The van der Waals surface area contributed by atoms with Gasteiger partial charge in [0.2, 0.25) is 11.2 Å². The summed E-state index contributed by atoms with van der Waals surface area (Å²) in [6.07, 6.45) is 2.48. The van der Waals surface area contributed by atoms with Crippen molar-refractivity contribution < 1.29 is 9.50 Å². The van der Waals surface area contributed by atoms with E-state index < -0.39 is 0 Å². The molecule has 138 valence electrons. The highest BCUT2D eigenvalue weighted by Gasteiger charge is 2.23. The molecule has 0 amide bonds. The Morgan fingerprint density at radius 2 is 1.88 bits per heavy atom. The zero-order chi connectivity index (χ0) is 19.1. The number of fused-ring (bicyclic) bond motifs is 1. The Bertz CT molecular complexity index is 935. The molecule has 7 heteroatoms. The van der Waals surface area contributed by atoms with Crippen LogP contribution in [0.5, 0.6) is 5.88 Å². The van der Waals surface area contributed by atoms with Crippen molar-refractivity contribution in [2.45, 2.75) is 45.7 Å². The molecule has 3 aromatic rings. The largest absolute Gasteiger partial charge is 0.493 e. The van der Waals surface area contributed by atoms with Gasteiger partial charge in [-0.05, 0) is 63.4 Å². The molecule has 5 nitrogen and oxygen atoms in total. The lowest BCUT2D eigenvalue weighted by Gasteiger charge is -2.27. The van der Waals surface area contributed by atoms with Crippen molar-refractivity contribution in [2.75, 3.05) is 5.32 Å². The molecule has 0 saturated carbocycles. The number of nitrogens with one attached hydrogen (secondary N) is 1. The Balaban J connectivity index is 1.96. The number of anilines is 1. The van der Waals surface area contributed by atoms with Crippen LogP contribution in [0.1, 0.15) is 39.3 Å². The lowest BCUT2D eigenvalue weighted by atomic mass is 9.95. The van der Waals surface area contributed by atoms with Crippen LogP contribution >= 0.6 is 11.6 Å². The Labute approximate surface area is 156 Å². The van der Waals surface area contributed by atoms with E-state index in [1.165, 1.54) is 12.1 Å². The maximum Gasteiger partial charge on any atom is 0.225 e. The fourth-order valence-electron chi connectivity index (χ4n) is 3.02. The van der Waals surface area contributed by atoms with Crippen LogP contribution in [0.4, 0.5) is 10.2 Å². The van der Waals surface area contributed by atoms with E-state index in [0.29, 0.717) is 23.1 Å². The van der Waals surface area contributed by atoms with E-state index in [9.17, 15) is 9.50 Å². The van der Waals surface area contributed by atoms with Gasteiger partial charge in [0.05, 0.1) is 5.39 Å². The lowest BCUT2D eigenvalue weighted by molar-refractivity contribution is 0.404. The van der Waals surface area contributed by atoms with Crippen molar-refractivity contribution in [1.29, 1.82) is 0 Å². The molecule has 0 aliphatic rings. The third-order valence-corrected chi connectivity index (χ3v) is 4.38. The van der Waals surface area contributed by atoms with Crippen LogP contribution in [0.25, 0.3) is 10.9 Å². The van der Waals surface area contributed by atoms with Crippen LogP contribution < -0.4 is 5.32 Å². The zero-order valence-electron chi connectivity index (χ0n) is 15.2. The van der Waals surface area contributed by atoms with E-state index in [4.69, 9.17) is 11.6 Å². The van der Waals surface area contributed by atoms with Gasteiger partial charge in [-0.3, -0.25) is 0 Å². The maximum absolute atomic E-state index is 13.1. The first kappa shape index (κ1) is 18.5. The van der Waals surface area contributed by atoms with E-state index in [0.717, 1.165) is 5.56 Å². The molecule has 0 aliphatic carbocycles. The molecule has 0 atom stereocenters. The van der Waals surface area contributed by atoms with Crippen LogP contribution in [0.2, 0.25) is 5.28 Å². The summed E-state index contributed by atoms with van der Waals surface area (Å²) in [4.78, 5) is 8.48. The summed E-state index contributed by atoms with van der Waals surface area (Å²) in [6, 6.07) is 6.51. The third kappa shape index (κ3) is 3.75. The highest BCUT2D eigenvalue weighted by molar-refractivity contribution is 6.29. The van der Waals surface area contributed by atoms with Crippen molar-refractivity contribution in [3.05, 3.63) is 47.1 Å². The molecule has 2 aromatic heterocycles. The van der Waals surface area contributed by atoms with Gasteiger partial charge in [-0.25, -0.2) is 14.4 Å². The van der Waals surface area contributed by atoms with Gasteiger partial charge in [0.25, 0.3) is 0 Å². The van der Waals surface area contributed by atoms with Crippen molar-refractivity contribution in [1.82, 2.24) is 14.5 Å². The van der Waals surface area contributed by atoms with Crippen LogP contribution in [0.15, 0.2) is 30.5 Å². The Kier molecular flexibility index (Phi) is 4.80. The topological polar surface area (TPSA) is 63.0 Å². The lowest BCUT2D eigenvalue weighted by Crippen LogP contribution is -2.34. The van der Waals surface area contributed by atoms with Gasteiger partial charge in [-0.2, -0.15) is 0 Å². The molecular weight excluding hydrogens is 355 g/mol. The average molecular weight is 377 g/mol. The molecule has 2 N–H and O–H groups in total. The number of hydrogen-bond donors (Lipinski definition) is 2. The van der Waals surface area contributed by atoms with E-state index in [1.807, 2.05) is 33.9 Å². The molecule has 0 aliphatic heterocycles. The number of aromatic hydroxyl groups is 1. The quantitative estimate of drug-likeness (QED) is 0.619. The summed E-state index contributed by atoms with van der Waals surface area (Å²) in [6.45, 7) is 7.99. The molecule has 2 heterocycles. The summed E-state index contributed by atoms with van der Waals surface area (Å²) in [7, 11) is 0. The maximum atomic E-state index is 13.1. The first-order chi connectivity index (χ1) is 12.2. The van der Waals surface area contributed by atoms with Crippen molar-refractivity contribution in [2.24, 2.45) is 0 Å². The molecular formula is C19H22ClFN4O. The van der Waals surface area contributed by atoms with Crippen molar-refractivity contribution in [3.63, 3.8) is 0 Å². The van der Waals surface area contributed by atoms with E-state index >= 15 is 0 Å². The summed E-state index contributed by atoms with van der Waals surface area (Å²) < 4.78 is 14.8. The normalized spacial score (nSPS) is 12.1. The fraction of sp³-hybridized carbons (Fsp3) is 0.368. The van der Waals surface area contributed by atoms with Crippen molar-refractivity contribution >= 4 is 28.3 Å². The van der Waals surface area contributed by atoms with Gasteiger partial charge in [0.15, 0.2) is 0 Å². The van der Waals surface area contributed by atoms with Gasteiger partial charge in [0, 0.05) is 17.8 Å². The van der Waals surface area contributed by atoms with Crippen LogP contribution in [0, 0.1) is 5.82 Å². The summed E-state index contributed by atoms with van der Waals surface area (Å²) in [5, 5.41) is 14.6. The SMILES string of the molecule is CC(C)n1cc2c(NC(C)(C)Cc3ccc(F)cc3)nc(Cl)nc2c1O. The molecule has 0 bridgehead atoms. The molecule has 0 fully saturated rings. The number of hydrogen-bond acceptors (Lipinski definition) is 4. The monoisotopic (exact) mass is 376 g/mol. The molecule has 0 unspecified atom stereocenters. The summed E-state index contributed by atoms with van der Waals surface area (Å²) in [5.41, 5.74) is 1.04. The Hall–Kier alpha value is -2.34. The number of halogens is 2. The van der Waals surface area contributed by atoms with Crippen LogP contribution in [0.3, 0.4) is 0 Å². The van der Waals surface area contributed by atoms with E-state index in [2.05, 4.69) is 15.3 Å². The highest BCUT2D eigenvalue weighted by Crippen LogP contribution is 2.34. The minimum absolute atomic E-state index is 0.0642. The smallest absolute Gasteiger partial charge is 0.225 e. The fourth-order valence-corrected chi connectivity index (χ4v) is 3.19. The summed E-state index contributed by atoms with van der Waals surface area (Å²) >= 11 is 6.07. The zero-order valence-corrected chi connectivity index (χ0v) is 16.0. The van der Waals surface area contributed by atoms with Gasteiger partial charge in [-0.15, -0.1) is 0 Å². The highest BCUT2D eigenvalue weighted by atomic mass is 35.5. The number of nitrogens with zero attached hydrogens (tertiary/aromatic N) is 3. The molecule has 3 rings (SSSR count). The predicted molar refractivity (Wildman–Crippen MR) is 102 cm³/mol. The first-order valence-electron chi connectivity index (χ1n) is 8.46. The second-order valence-corrected chi connectivity index (χ2v) is 7.71. The average Bonchev–Trinajstić information content (AvgIpc) is 2.87. The van der Waals surface area contributed by atoms with Gasteiger partial charge >= 0.3 is 0 Å². The number of rotatable bonds is 5. The van der Waals surface area contributed by atoms with Crippen LogP contribution in [-0.4, -0.2) is 25.2 Å². The molecule has 0 spiro atoms. The van der Waals surface area contributed by atoms with E-state index in [1.54, 1.807) is 16.7 Å². The Morgan fingerprint density at radius 3 is 2.50 bits per heavy atom. The van der Waals surface area contributed by atoms with E-state index in [-0.39, 0.29) is 28.6 Å². The Morgan fingerprint density at radius 1 is 1.23 bits per heavy atom. The third-order valence-electron chi connectivity index (χ3n) is 4.22. The number of aromatic nitrogens is 3. The second kappa shape index (κ2) is 6.76. The predicted octanol–water partition coefficient (Wildman–Crippen LogP) is 4.94.